The van der Waals surface area contributed by atoms with Crippen LogP contribution in [0.4, 0.5) is 4.39 Å². The number of sulfone groups is 1. The van der Waals surface area contributed by atoms with Crippen LogP contribution >= 0.6 is 0 Å². The Morgan fingerprint density at radius 3 is 2.26 bits per heavy atom. The largest absolute Gasteiger partial charge is 0.468 e. The predicted molar refractivity (Wildman–Crippen MR) is 65.8 cm³/mol. The average Bonchev–Trinajstić information content (AvgIpc) is 2.30. The minimum absolute atomic E-state index is 0.124. The van der Waals surface area contributed by atoms with E-state index in [1.807, 2.05) is 0 Å². The first-order chi connectivity index (χ1) is 8.82. The highest BCUT2D eigenvalue weighted by molar-refractivity contribution is 7.92. The smallest absolute Gasteiger partial charge is 0.320 e. The number of halogens is 1. The zero-order valence-corrected chi connectivity index (χ0v) is 11.1. The molecule has 0 unspecified atom stereocenters. The van der Waals surface area contributed by atoms with Crippen molar-refractivity contribution in [3.63, 3.8) is 0 Å². The molecule has 0 aliphatic carbocycles. The average molecular weight is 288 g/mol. The van der Waals surface area contributed by atoms with Crippen molar-refractivity contribution in [2.24, 2.45) is 0 Å². The van der Waals surface area contributed by atoms with Crippen molar-refractivity contribution in [2.75, 3.05) is 18.6 Å². The van der Waals surface area contributed by atoms with Gasteiger partial charge in [0.05, 0.1) is 7.11 Å². The van der Waals surface area contributed by atoms with Crippen molar-refractivity contribution >= 4 is 21.6 Å². The summed E-state index contributed by atoms with van der Waals surface area (Å²) in [6.07, 6.45) is -0.124. The molecule has 0 fully saturated rings. The molecule has 0 saturated carbocycles. The molecule has 0 spiro atoms. The lowest BCUT2D eigenvalue weighted by Gasteiger charge is -2.03. The van der Waals surface area contributed by atoms with Crippen LogP contribution in [0, 0.1) is 5.82 Å². The summed E-state index contributed by atoms with van der Waals surface area (Å²) in [6, 6.07) is 5.18. The number of hydrogen-bond acceptors (Lipinski definition) is 5. The number of carbonyl (C=O) groups is 2. The molecule has 104 valence electrons. The first-order valence-electron chi connectivity index (χ1n) is 5.36. The molecule has 0 N–H and O–H groups in total. The van der Waals surface area contributed by atoms with Crippen LogP contribution in [-0.2, 0) is 30.6 Å². The molecule has 1 rings (SSSR count). The van der Waals surface area contributed by atoms with Crippen LogP contribution in [0.2, 0.25) is 0 Å². The monoisotopic (exact) mass is 288 g/mol. The Kier molecular flexibility index (Phi) is 5.17. The molecule has 19 heavy (non-hydrogen) atoms. The van der Waals surface area contributed by atoms with Gasteiger partial charge in [0.15, 0.2) is 15.6 Å². The Morgan fingerprint density at radius 2 is 1.74 bits per heavy atom. The van der Waals surface area contributed by atoms with E-state index in [9.17, 15) is 22.4 Å². The number of esters is 1. The van der Waals surface area contributed by atoms with Crippen LogP contribution in [0.5, 0.6) is 0 Å². The molecule has 0 aromatic heterocycles. The minimum Gasteiger partial charge on any atom is -0.468 e. The third kappa shape index (κ3) is 5.60. The fraction of sp³-hybridized carbons (Fsp3) is 0.333. The summed E-state index contributed by atoms with van der Waals surface area (Å²) in [5.74, 6) is -3.46. The predicted octanol–water partition coefficient (Wildman–Crippen LogP) is 0.525. The quantitative estimate of drug-likeness (QED) is 0.713. The number of Topliss-reactive ketones (excluding diaryl/α,β-unsaturated/α-hetero) is 1. The maximum Gasteiger partial charge on any atom is 0.320 e. The lowest BCUT2D eigenvalue weighted by atomic mass is 10.1. The molecule has 0 amide bonds. The molecule has 0 heterocycles. The zero-order chi connectivity index (χ0) is 14.5. The summed E-state index contributed by atoms with van der Waals surface area (Å²) in [5.41, 5.74) is 0.514. The Balaban J connectivity index is 2.60. The van der Waals surface area contributed by atoms with Gasteiger partial charge in [-0.1, -0.05) is 12.1 Å². The Morgan fingerprint density at radius 1 is 1.16 bits per heavy atom. The van der Waals surface area contributed by atoms with Crippen molar-refractivity contribution in [1.29, 1.82) is 0 Å². The van der Waals surface area contributed by atoms with Gasteiger partial charge >= 0.3 is 5.97 Å². The van der Waals surface area contributed by atoms with Crippen molar-refractivity contribution in [3.05, 3.63) is 35.6 Å². The molecule has 1 aromatic carbocycles. The van der Waals surface area contributed by atoms with Crippen LogP contribution in [0.3, 0.4) is 0 Å². The molecule has 0 bridgehead atoms. The zero-order valence-electron chi connectivity index (χ0n) is 10.3. The topological polar surface area (TPSA) is 77.5 Å². The second-order valence-electron chi connectivity index (χ2n) is 3.95. The second kappa shape index (κ2) is 6.42. The molecule has 1 aromatic rings. The van der Waals surface area contributed by atoms with Gasteiger partial charge < -0.3 is 4.74 Å². The summed E-state index contributed by atoms with van der Waals surface area (Å²) >= 11 is 0. The number of benzene rings is 1. The van der Waals surface area contributed by atoms with E-state index in [1.165, 1.54) is 24.3 Å². The van der Waals surface area contributed by atoms with Crippen LogP contribution in [0.15, 0.2) is 24.3 Å². The van der Waals surface area contributed by atoms with Gasteiger partial charge in [0, 0.05) is 6.42 Å². The summed E-state index contributed by atoms with van der Waals surface area (Å²) in [4.78, 5) is 22.4. The van der Waals surface area contributed by atoms with Gasteiger partial charge in [-0.25, -0.2) is 12.8 Å². The second-order valence-corrected chi connectivity index (χ2v) is 6.01. The van der Waals surface area contributed by atoms with Crippen LogP contribution < -0.4 is 0 Å². The number of rotatable bonds is 6. The van der Waals surface area contributed by atoms with E-state index in [2.05, 4.69) is 4.74 Å². The number of carbonyl (C=O) groups excluding carboxylic acids is 2. The standard InChI is InChI=1S/C12H13FO5S/c1-18-12(15)8-19(16,17)7-11(14)6-9-2-4-10(13)5-3-9/h2-5H,6-8H2,1H3. The maximum atomic E-state index is 12.6. The van der Waals surface area contributed by atoms with Gasteiger partial charge in [-0.3, -0.25) is 9.59 Å². The molecule has 5 nitrogen and oxygen atoms in total. The highest BCUT2D eigenvalue weighted by Gasteiger charge is 2.21. The van der Waals surface area contributed by atoms with E-state index in [4.69, 9.17) is 0 Å². The molecule has 7 heteroatoms. The fourth-order valence-electron chi connectivity index (χ4n) is 1.42. The molecule has 0 saturated heterocycles. The van der Waals surface area contributed by atoms with Crippen LogP contribution in [0.1, 0.15) is 5.56 Å². The molecule has 0 aliphatic rings. The summed E-state index contributed by atoms with van der Waals surface area (Å²) in [7, 11) is -2.75. The van der Waals surface area contributed by atoms with Gasteiger partial charge in [-0.15, -0.1) is 0 Å². The minimum atomic E-state index is -3.82. The van der Waals surface area contributed by atoms with E-state index in [0.717, 1.165) is 7.11 Å². The van der Waals surface area contributed by atoms with Gasteiger partial charge in [0.2, 0.25) is 0 Å². The summed E-state index contributed by atoms with van der Waals surface area (Å²) < 4.78 is 39.8. The van der Waals surface area contributed by atoms with E-state index in [-0.39, 0.29) is 6.42 Å². The van der Waals surface area contributed by atoms with E-state index >= 15 is 0 Å². The lowest BCUT2D eigenvalue weighted by molar-refractivity contribution is -0.137. The molecular weight excluding hydrogens is 275 g/mol. The molecule has 0 radical (unpaired) electrons. The summed E-state index contributed by atoms with van der Waals surface area (Å²) in [6.45, 7) is 0. The first-order valence-corrected chi connectivity index (χ1v) is 7.18. The van der Waals surface area contributed by atoms with Crippen LogP contribution in [-0.4, -0.2) is 38.8 Å². The van der Waals surface area contributed by atoms with Crippen LogP contribution in [0.25, 0.3) is 0 Å². The number of hydrogen-bond donors (Lipinski definition) is 0. The third-order valence-electron chi connectivity index (χ3n) is 2.26. The number of methoxy groups -OCH3 is 1. The maximum absolute atomic E-state index is 12.6. The fourth-order valence-corrected chi connectivity index (χ4v) is 2.59. The molecular formula is C12H13FO5S. The number of ketones is 1. The Bertz CT molecular complexity index is 562. The van der Waals surface area contributed by atoms with Crippen molar-refractivity contribution in [1.82, 2.24) is 0 Å². The Hall–Kier alpha value is -1.76. The van der Waals surface area contributed by atoms with Crippen molar-refractivity contribution < 1.29 is 27.1 Å². The van der Waals surface area contributed by atoms with Gasteiger partial charge in [-0.2, -0.15) is 0 Å². The van der Waals surface area contributed by atoms with Gasteiger partial charge in [0.25, 0.3) is 0 Å². The summed E-state index contributed by atoms with van der Waals surface area (Å²) in [5, 5.41) is 0. The van der Waals surface area contributed by atoms with E-state index < -0.39 is 38.9 Å². The third-order valence-corrected chi connectivity index (χ3v) is 3.70. The van der Waals surface area contributed by atoms with Gasteiger partial charge in [0.1, 0.15) is 17.3 Å². The Labute approximate surface area is 110 Å². The highest BCUT2D eigenvalue weighted by atomic mass is 32.2. The highest BCUT2D eigenvalue weighted by Crippen LogP contribution is 2.05. The SMILES string of the molecule is COC(=O)CS(=O)(=O)CC(=O)Cc1ccc(F)cc1. The molecule has 0 atom stereocenters. The molecule has 0 aliphatic heterocycles. The van der Waals surface area contributed by atoms with E-state index in [1.54, 1.807) is 0 Å². The first kappa shape index (κ1) is 15.3. The van der Waals surface area contributed by atoms with Crippen molar-refractivity contribution in [3.8, 4) is 0 Å². The normalized spacial score (nSPS) is 11.1. The van der Waals surface area contributed by atoms with E-state index in [0.29, 0.717) is 5.56 Å². The van der Waals surface area contributed by atoms with Gasteiger partial charge in [-0.05, 0) is 17.7 Å². The number of ether oxygens (including phenoxy) is 1. The van der Waals surface area contributed by atoms with Crippen molar-refractivity contribution in [2.45, 2.75) is 6.42 Å². The lowest BCUT2D eigenvalue weighted by Crippen LogP contribution is -2.25.